The van der Waals surface area contributed by atoms with Gasteiger partial charge >= 0.3 is 0 Å². The first-order valence-corrected chi connectivity index (χ1v) is 9.46. The zero-order valence-corrected chi connectivity index (χ0v) is 15.3. The summed E-state index contributed by atoms with van der Waals surface area (Å²) in [6.07, 6.45) is 1.96. The van der Waals surface area contributed by atoms with Gasteiger partial charge < -0.3 is 11.1 Å². The molecule has 5 heteroatoms. The Balaban J connectivity index is 1.70. The Bertz CT molecular complexity index is 1110. The smallest absolute Gasteiger partial charge is 0.267 e. The second kappa shape index (κ2) is 6.77. The van der Waals surface area contributed by atoms with Crippen LogP contribution in [0, 0.1) is 0 Å². The molecule has 0 spiro atoms. The van der Waals surface area contributed by atoms with Gasteiger partial charge in [-0.2, -0.15) is 0 Å². The molecule has 2 aromatic heterocycles. The number of pyridine rings is 1. The minimum absolute atomic E-state index is 0.195. The summed E-state index contributed by atoms with van der Waals surface area (Å²) in [6, 6.07) is 17.8. The summed E-state index contributed by atoms with van der Waals surface area (Å²) in [5.74, 6) is -0.195. The lowest BCUT2D eigenvalue weighted by Gasteiger charge is -2.08. The van der Waals surface area contributed by atoms with Gasteiger partial charge in [0.15, 0.2) is 0 Å². The highest BCUT2D eigenvalue weighted by Crippen LogP contribution is 2.34. The highest BCUT2D eigenvalue weighted by molar-refractivity contribution is 7.21. The van der Waals surface area contributed by atoms with Crippen molar-refractivity contribution >= 4 is 49.6 Å². The van der Waals surface area contributed by atoms with Crippen molar-refractivity contribution in [3.8, 4) is 0 Å². The molecule has 26 heavy (non-hydrogen) atoms. The number of amides is 1. The number of fused-ring (bicyclic) bond motifs is 2. The number of carbonyl (C=O) groups excluding carboxylic acids is 1. The van der Waals surface area contributed by atoms with Crippen LogP contribution in [0.1, 0.15) is 28.7 Å². The van der Waals surface area contributed by atoms with E-state index in [2.05, 4.69) is 17.2 Å². The van der Waals surface area contributed by atoms with E-state index in [4.69, 9.17) is 5.73 Å². The van der Waals surface area contributed by atoms with E-state index in [-0.39, 0.29) is 5.91 Å². The summed E-state index contributed by atoms with van der Waals surface area (Å²) in [7, 11) is 0. The summed E-state index contributed by atoms with van der Waals surface area (Å²) >= 11 is 1.35. The Kier molecular flexibility index (Phi) is 4.31. The van der Waals surface area contributed by atoms with Gasteiger partial charge in [-0.05, 0) is 30.0 Å². The van der Waals surface area contributed by atoms with Crippen LogP contribution in [0.2, 0.25) is 0 Å². The third-order valence-corrected chi connectivity index (χ3v) is 5.52. The molecule has 1 amide bonds. The van der Waals surface area contributed by atoms with Crippen LogP contribution in [0.5, 0.6) is 0 Å². The minimum Gasteiger partial charge on any atom is -0.397 e. The fourth-order valence-corrected chi connectivity index (χ4v) is 4.12. The number of anilines is 2. The molecule has 0 radical (unpaired) electrons. The molecule has 4 nitrogen and oxygen atoms in total. The van der Waals surface area contributed by atoms with Gasteiger partial charge in [-0.25, -0.2) is 4.98 Å². The number of rotatable bonds is 4. The number of nitrogens with one attached hydrogen (secondary N) is 1. The summed E-state index contributed by atoms with van der Waals surface area (Å²) < 4.78 is 0. The van der Waals surface area contributed by atoms with Crippen LogP contribution in [0.15, 0.2) is 54.6 Å². The molecule has 0 fully saturated rings. The van der Waals surface area contributed by atoms with E-state index in [0.29, 0.717) is 10.6 Å². The molecule has 4 rings (SSSR count). The van der Waals surface area contributed by atoms with E-state index >= 15 is 0 Å². The topological polar surface area (TPSA) is 68.0 Å². The molecule has 0 unspecified atom stereocenters. The molecule has 2 aromatic carbocycles. The standard InChI is InChI=1S/C21H19N3OS/c1-2-6-14-11-12-16-18(22)19(26-21(16)23-14)20(25)24-17-10-5-8-13-7-3-4-9-15(13)17/h3-5,7-12H,2,6,22H2,1H3,(H,24,25). The van der Waals surface area contributed by atoms with Crippen molar-refractivity contribution in [2.45, 2.75) is 19.8 Å². The van der Waals surface area contributed by atoms with E-state index in [1.807, 2.05) is 54.6 Å². The van der Waals surface area contributed by atoms with Crippen LogP contribution < -0.4 is 11.1 Å². The van der Waals surface area contributed by atoms with Crippen LogP contribution in [0.3, 0.4) is 0 Å². The van der Waals surface area contributed by atoms with Gasteiger partial charge in [0.25, 0.3) is 5.91 Å². The second-order valence-electron chi connectivity index (χ2n) is 6.23. The molecule has 4 aromatic rings. The molecule has 0 aliphatic heterocycles. The Morgan fingerprint density at radius 3 is 2.73 bits per heavy atom. The Labute approximate surface area is 155 Å². The van der Waals surface area contributed by atoms with E-state index in [1.165, 1.54) is 11.3 Å². The fourth-order valence-electron chi connectivity index (χ4n) is 3.11. The maximum atomic E-state index is 12.9. The van der Waals surface area contributed by atoms with Gasteiger partial charge in [0.05, 0.1) is 5.69 Å². The Morgan fingerprint density at radius 2 is 1.88 bits per heavy atom. The number of thiophene rings is 1. The lowest BCUT2D eigenvalue weighted by molar-refractivity contribution is 0.103. The lowest BCUT2D eigenvalue weighted by Crippen LogP contribution is -2.12. The molecule has 0 aliphatic carbocycles. The molecular formula is C21H19N3OS. The average molecular weight is 361 g/mol. The van der Waals surface area contributed by atoms with Crippen LogP contribution in [-0.2, 0) is 6.42 Å². The molecule has 0 saturated heterocycles. The number of aryl methyl sites for hydroxylation is 1. The predicted octanol–water partition coefficient (Wildman–Crippen LogP) is 5.24. The van der Waals surface area contributed by atoms with Crippen LogP contribution in [-0.4, -0.2) is 10.9 Å². The first-order valence-electron chi connectivity index (χ1n) is 8.64. The Hall–Kier alpha value is -2.92. The van der Waals surface area contributed by atoms with Crippen molar-refractivity contribution in [2.75, 3.05) is 11.1 Å². The van der Waals surface area contributed by atoms with Crippen molar-refractivity contribution in [2.24, 2.45) is 0 Å². The highest BCUT2D eigenvalue weighted by Gasteiger charge is 2.18. The fraction of sp³-hybridized carbons (Fsp3) is 0.143. The van der Waals surface area contributed by atoms with Crippen molar-refractivity contribution < 1.29 is 4.79 Å². The highest BCUT2D eigenvalue weighted by atomic mass is 32.1. The van der Waals surface area contributed by atoms with Crippen molar-refractivity contribution in [1.82, 2.24) is 4.98 Å². The van der Waals surface area contributed by atoms with Gasteiger partial charge in [-0.3, -0.25) is 4.79 Å². The summed E-state index contributed by atoms with van der Waals surface area (Å²) in [6.45, 7) is 2.12. The summed E-state index contributed by atoms with van der Waals surface area (Å²) in [5.41, 5.74) is 8.55. The third-order valence-electron chi connectivity index (χ3n) is 4.40. The Morgan fingerprint density at radius 1 is 1.08 bits per heavy atom. The molecule has 130 valence electrons. The van der Waals surface area contributed by atoms with E-state index < -0.39 is 0 Å². The minimum atomic E-state index is -0.195. The van der Waals surface area contributed by atoms with Crippen LogP contribution in [0.4, 0.5) is 11.4 Å². The summed E-state index contributed by atoms with van der Waals surface area (Å²) in [5, 5.41) is 5.94. The van der Waals surface area contributed by atoms with Crippen LogP contribution in [0.25, 0.3) is 21.0 Å². The van der Waals surface area contributed by atoms with E-state index in [1.54, 1.807) is 0 Å². The SMILES string of the molecule is CCCc1ccc2c(N)c(C(=O)Nc3cccc4ccccc34)sc2n1. The van der Waals surface area contributed by atoms with Crippen molar-refractivity contribution in [1.29, 1.82) is 0 Å². The molecule has 0 aliphatic rings. The van der Waals surface area contributed by atoms with Crippen LogP contribution >= 0.6 is 11.3 Å². The average Bonchev–Trinajstić information content (AvgIpc) is 2.99. The van der Waals surface area contributed by atoms with Gasteiger partial charge in [-0.1, -0.05) is 49.7 Å². The zero-order valence-electron chi connectivity index (χ0n) is 14.5. The summed E-state index contributed by atoms with van der Waals surface area (Å²) in [4.78, 5) is 18.8. The quantitative estimate of drug-likeness (QED) is 0.522. The number of nitrogens with zero attached hydrogens (tertiary/aromatic N) is 1. The largest absolute Gasteiger partial charge is 0.397 e. The van der Waals surface area contributed by atoms with Gasteiger partial charge in [-0.15, -0.1) is 11.3 Å². The second-order valence-corrected chi connectivity index (χ2v) is 7.23. The zero-order chi connectivity index (χ0) is 18.1. The number of nitrogens with two attached hydrogens (primary N) is 1. The lowest BCUT2D eigenvalue weighted by atomic mass is 10.1. The van der Waals surface area contributed by atoms with E-state index in [0.717, 1.165) is 45.2 Å². The molecule has 2 heterocycles. The number of hydrogen-bond acceptors (Lipinski definition) is 4. The maximum Gasteiger partial charge on any atom is 0.267 e. The molecule has 0 atom stereocenters. The number of benzene rings is 2. The van der Waals surface area contributed by atoms with Gasteiger partial charge in [0, 0.05) is 22.2 Å². The normalized spacial score (nSPS) is 11.1. The predicted molar refractivity (Wildman–Crippen MR) is 110 cm³/mol. The first-order chi connectivity index (χ1) is 12.7. The van der Waals surface area contributed by atoms with Crippen molar-refractivity contribution in [3.63, 3.8) is 0 Å². The molecule has 0 saturated carbocycles. The molecular weight excluding hydrogens is 342 g/mol. The van der Waals surface area contributed by atoms with Gasteiger partial charge in [0.1, 0.15) is 9.71 Å². The number of nitrogen functional groups attached to an aromatic ring is 1. The maximum absolute atomic E-state index is 12.9. The molecule has 3 N–H and O–H groups in total. The van der Waals surface area contributed by atoms with Gasteiger partial charge in [0.2, 0.25) is 0 Å². The third kappa shape index (κ3) is 2.91. The number of carbonyl (C=O) groups is 1. The monoisotopic (exact) mass is 361 g/mol. The number of aromatic nitrogens is 1. The first kappa shape index (κ1) is 16.5. The van der Waals surface area contributed by atoms with E-state index in [9.17, 15) is 4.79 Å². The number of hydrogen-bond donors (Lipinski definition) is 2. The molecule has 0 bridgehead atoms. The van der Waals surface area contributed by atoms with Crippen molar-refractivity contribution in [3.05, 3.63) is 65.2 Å².